The Morgan fingerprint density at radius 1 is 1.07 bits per heavy atom. The second-order valence-corrected chi connectivity index (χ2v) is 19.3. The average Bonchev–Trinajstić information content (AvgIpc) is 3.21. The maximum absolute atomic E-state index is 14.8. The van der Waals surface area contributed by atoms with Gasteiger partial charge in [-0.15, -0.1) is 0 Å². The molecule has 2 aromatic rings. The number of allylic oxidation sites excluding steroid dienone is 3. The summed E-state index contributed by atoms with van der Waals surface area (Å²) >= 11 is 0. The van der Waals surface area contributed by atoms with Crippen molar-refractivity contribution in [3.63, 3.8) is 0 Å². The Hall–Kier alpha value is -4.05. The summed E-state index contributed by atoms with van der Waals surface area (Å²) in [7, 11) is 1.84. The van der Waals surface area contributed by atoms with Crippen molar-refractivity contribution in [3.05, 3.63) is 98.1 Å². The first-order valence-corrected chi connectivity index (χ1v) is 23.2. The van der Waals surface area contributed by atoms with E-state index in [2.05, 4.69) is 81.1 Å². The molecular formula is C52H75N4O5+. The van der Waals surface area contributed by atoms with Crippen LogP contribution < -0.4 is 25.4 Å². The highest BCUT2D eigenvalue weighted by atomic mass is 16.7. The van der Waals surface area contributed by atoms with Gasteiger partial charge in [0, 0.05) is 85.9 Å². The van der Waals surface area contributed by atoms with E-state index in [9.17, 15) is 9.59 Å². The standard InChI is InChI=1S/C52H74N4O5/c1-12-20-38(49(59)54(11)25-17-23-45(58)53-24-18-29-60-52(9,10)61-30-19-28-57)37(13-2)46-41-32-40-35(4)34-50(5,6)56(14-3)44(40)33-43(41)51(7,8)47-39-22-16-27-55-26-15-21-36(48(39)55)31-42(46)47/h12-13,20,31-33,35,57H,2,14-19,21-30,34H2,1,3-11H3/p+1/b20-12-,38-37-. The molecule has 61 heavy (non-hydrogen) atoms. The van der Waals surface area contributed by atoms with Crippen LogP contribution in [0.15, 0.2) is 54.2 Å². The minimum Gasteiger partial charge on any atom is -0.396 e. The fourth-order valence-electron chi connectivity index (χ4n) is 10.9. The topological polar surface area (TPSA) is 94.4 Å². The Kier molecular flexibility index (Phi) is 14.6. The molecule has 9 heteroatoms. The van der Waals surface area contributed by atoms with Gasteiger partial charge in [-0.2, -0.15) is 0 Å². The van der Waals surface area contributed by atoms with E-state index in [0.29, 0.717) is 63.5 Å². The first-order chi connectivity index (χ1) is 29.0. The number of hydrogen-bond donors (Lipinski definition) is 2. The molecule has 0 aromatic heterocycles. The molecule has 0 bridgehead atoms. The lowest BCUT2D eigenvalue weighted by atomic mass is 9.64. The highest BCUT2D eigenvalue weighted by Gasteiger charge is 2.43. The average molecular weight is 836 g/mol. The number of carbonyl (C=O) groups is 2. The molecule has 3 aliphatic heterocycles. The lowest BCUT2D eigenvalue weighted by Crippen LogP contribution is -2.50. The summed E-state index contributed by atoms with van der Waals surface area (Å²) in [6.07, 6.45) is 13.4. The lowest BCUT2D eigenvalue weighted by Gasteiger charge is -2.48. The van der Waals surface area contributed by atoms with E-state index in [1.165, 1.54) is 49.6 Å². The number of benzene rings is 2. The molecule has 3 heterocycles. The molecule has 2 N–H and O–H groups in total. The minimum atomic E-state index is -0.746. The molecule has 6 rings (SSSR count). The van der Waals surface area contributed by atoms with E-state index >= 15 is 0 Å². The third kappa shape index (κ3) is 9.50. The van der Waals surface area contributed by atoms with E-state index in [-0.39, 0.29) is 29.4 Å². The number of nitrogens with zero attached hydrogens (tertiary/aromatic N) is 3. The van der Waals surface area contributed by atoms with E-state index in [1.807, 2.05) is 46.0 Å². The maximum atomic E-state index is 14.8. The molecule has 0 radical (unpaired) electrons. The molecule has 0 saturated carbocycles. The predicted octanol–water partition coefficient (Wildman–Crippen LogP) is 6.98. The Balaban J connectivity index is 1.35. The second kappa shape index (κ2) is 19.1. The van der Waals surface area contributed by atoms with Crippen LogP contribution in [0.2, 0.25) is 0 Å². The number of rotatable bonds is 18. The number of aliphatic hydroxyl groups is 1. The number of aryl methyl sites for hydroxylation is 1. The third-order valence-electron chi connectivity index (χ3n) is 13.6. The number of likely N-dealkylation sites (N-methyl/N-ethyl adjacent to an activating group) is 1. The van der Waals surface area contributed by atoms with Crippen molar-refractivity contribution in [1.82, 2.24) is 14.8 Å². The van der Waals surface area contributed by atoms with Gasteiger partial charge in [-0.3, -0.25) is 9.59 Å². The molecule has 1 unspecified atom stereocenters. The van der Waals surface area contributed by atoms with Crippen molar-refractivity contribution in [3.8, 4) is 0 Å². The summed E-state index contributed by atoms with van der Waals surface area (Å²) in [6, 6.07) is 7.48. The second-order valence-electron chi connectivity index (χ2n) is 19.3. The van der Waals surface area contributed by atoms with Crippen LogP contribution in [0.5, 0.6) is 0 Å². The van der Waals surface area contributed by atoms with E-state index in [0.717, 1.165) is 62.9 Å². The van der Waals surface area contributed by atoms with Gasteiger partial charge in [-0.05, 0) is 143 Å². The summed E-state index contributed by atoms with van der Waals surface area (Å²) in [5, 5.41) is 14.7. The van der Waals surface area contributed by atoms with Gasteiger partial charge in [0.05, 0.1) is 13.2 Å². The van der Waals surface area contributed by atoms with Gasteiger partial charge in [0.2, 0.25) is 11.3 Å². The molecule has 2 amide bonds. The predicted molar refractivity (Wildman–Crippen MR) is 249 cm³/mol. The van der Waals surface area contributed by atoms with Crippen molar-refractivity contribution in [2.24, 2.45) is 0 Å². The molecule has 1 aliphatic carbocycles. The summed E-state index contributed by atoms with van der Waals surface area (Å²) in [5.74, 6) is -0.492. The fourth-order valence-corrected chi connectivity index (χ4v) is 10.9. The zero-order valence-electron chi connectivity index (χ0n) is 39.2. The maximum Gasteiger partial charge on any atom is 0.254 e. The van der Waals surface area contributed by atoms with Crippen LogP contribution in [0, 0.1) is 0 Å². The highest BCUT2D eigenvalue weighted by Crippen LogP contribution is 2.50. The molecule has 0 fully saturated rings. The SMILES string of the molecule is C=C/C(C1=c2cc3c4c(c2C(C)(C)c2cc5c(cc21)C(C)CC(C)(C)N5CC)CCC[N+]=4CCC3)=C(\C=C/C)C(=O)N(C)CCCC(=O)NCCCOC(C)(C)OCCCO. The van der Waals surface area contributed by atoms with Crippen LogP contribution in [0.4, 0.5) is 5.69 Å². The van der Waals surface area contributed by atoms with Crippen molar-refractivity contribution in [2.75, 3.05) is 64.5 Å². The first-order valence-electron chi connectivity index (χ1n) is 23.2. The minimum absolute atomic E-state index is 0.0384. The van der Waals surface area contributed by atoms with Crippen LogP contribution in [-0.4, -0.2) is 92.7 Å². The number of anilines is 1. The zero-order chi connectivity index (χ0) is 44.3. The van der Waals surface area contributed by atoms with E-state index < -0.39 is 5.79 Å². The Morgan fingerprint density at radius 2 is 1.77 bits per heavy atom. The third-order valence-corrected chi connectivity index (χ3v) is 13.6. The zero-order valence-corrected chi connectivity index (χ0v) is 39.2. The normalized spacial score (nSPS) is 19.1. The number of amides is 2. The number of hydrogen-bond acceptors (Lipinski definition) is 6. The monoisotopic (exact) mass is 836 g/mol. The summed E-state index contributed by atoms with van der Waals surface area (Å²) in [4.78, 5) is 32.0. The van der Waals surface area contributed by atoms with Crippen LogP contribution in [0.25, 0.3) is 5.57 Å². The number of ether oxygens (including phenoxy) is 2. The molecule has 4 aliphatic rings. The van der Waals surface area contributed by atoms with Gasteiger partial charge in [0.15, 0.2) is 5.79 Å². The quantitative estimate of drug-likeness (QED) is 0.0554. The van der Waals surface area contributed by atoms with Gasteiger partial charge >= 0.3 is 0 Å². The molecular weight excluding hydrogens is 761 g/mol. The number of aliphatic hydroxyl groups excluding tert-OH is 1. The number of nitrogens with one attached hydrogen (secondary N) is 1. The van der Waals surface area contributed by atoms with Gasteiger partial charge in [0.25, 0.3) is 5.91 Å². The largest absolute Gasteiger partial charge is 0.396 e. The molecule has 9 nitrogen and oxygen atoms in total. The molecule has 0 saturated heterocycles. The summed E-state index contributed by atoms with van der Waals surface area (Å²) < 4.78 is 14.1. The smallest absolute Gasteiger partial charge is 0.254 e. The molecule has 2 aromatic carbocycles. The van der Waals surface area contributed by atoms with E-state index in [4.69, 9.17) is 14.6 Å². The first kappa shape index (κ1) is 46.5. The molecule has 0 spiro atoms. The van der Waals surface area contributed by atoms with Crippen molar-refractivity contribution in [1.29, 1.82) is 0 Å². The van der Waals surface area contributed by atoms with Crippen LogP contribution in [0.1, 0.15) is 147 Å². The molecule has 1 atom stereocenters. The lowest BCUT2D eigenvalue weighted by molar-refractivity contribution is -0.214. The van der Waals surface area contributed by atoms with Crippen LogP contribution >= 0.6 is 0 Å². The Morgan fingerprint density at radius 3 is 2.44 bits per heavy atom. The van der Waals surface area contributed by atoms with E-state index in [1.54, 1.807) is 4.90 Å². The number of carbonyl (C=O) groups excluding carboxylic acids is 2. The van der Waals surface area contributed by atoms with Crippen molar-refractivity contribution >= 4 is 23.1 Å². The van der Waals surface area contributed by atoms with Crippen LogP contribution in [-0.2, 0) is 37.3 Å². The number of fused-ring (bicyclic) bond motifs is 4. The van der Waals surface area contributed by atoms with Crippen LogP contribution in [0.3, 0.4) is 0 Å². The van der Waals surface area contributed by atoms with Gasteiger partial charge in [-0.1, -0.05) is 45.6 Å². The van der Waals surface area contributed by atoms with Gasteiger partial charge in [-0.25, -0.2) is 4.58 Å². The van der Waals surface area contributed by atoms with Gasteiger partial charge in [0.1, 0.15) is 13.1 Å². The Bertz CT molecular complexity index is 2190. The van der Waals surface area contributed by atoms with Crippen molar-refractivity contribution in [2.45, 2.75) is 143 Å². The molecule has 332 valence electrons. The summed E-state index contributed by atoms with van der Waals surface area (Å²) in [6.45, 7) is 29.4. The van der Waals surface area contributed by atoms with Gasteiger partial charge < -0.3 is 29.7 Å². The Labute approximate surface area is 366 Å². The summed E-state index contributed by atoms with van der Waals surface area (Å²) in [5.41, 5.74) is 11.9. The van der Waals surface area contributed by atoms with Crippen molar-refractivity contribution < 1.29 is 24.2 Å². The fraction of sp³-hybridized carbons (Fsp3) is 0.596. The highest BCUT2D eigenvalue weighted by molar-refractivity contribution is 6.03.